The first-order valence-corrected chi connectivity index (χ1v) is 6.78. The number of fused-ring (bicyclic) bond motifs is 2. The van der Waals surface area contributed by atoms with Gasteiger partial charge in [-0.05, 0) is 43.5 Å². The Morgan fingerprint density at radius 3 is 2.74 bits per heavy atom. The first-order chi connectivity index (χ1) is 9.20. The maximum absolute atomic E-state index is 12.8. The zero-order valence-electron chi connectivity index (χ0n) is 10.7. The van der Waals surface area contributed by atoms with Crippen LogP contribution in [0.15, 0.2) is 24.3 Å². The average molecular weight is 263 g/mol. The van der Waals surface area contributed by atoms with E-state index in [2.05, 4.69) is 10.6 Å². The second kappa shape index (κ2) is 5.17. The number of benzene rings is 1. The van der Waals surface area contributed by atoms with Crippen molar-refractivity contribution in [3.8, 4) is 0 Å². The first-order valence-electron chi connectivity index (χ1n) is 6.78. The molecular formula is C14H18FN3O. The zero-order valence-corrected chi connectivity index (χ0v) is 10.7. The first kappa shape index (κ1) is 12.4. The Morgan fingerprint density at radius 1 is 1.21 bits per heavy atom. The minimum absolute atomic E-state index is 0.0963. The molecule has 0 aliphatic carbocycles. The number of hydrogen-bond donors (Lipinski definition) is 2. The number of rotatable bonds is 1. The van der Waals surface area contributed by atoms with Gasteiger partial charge in [0.05, 0.1) is 0 Å². The number of nitrogens with one attached hydrogen (secondary N) is 2. The Bertz CT molecular complexity index is 462. The molecule has 0 aromatic heterocycles. The van der Waals surface area contributed by atoms with Crippen LogP contribution in [0.25, 0.3) is 0 Å². The molecule has 2 saturated heterocycles. The lowest BCUT2D eigenvalue weighted by atomic mass is 10.1. The number of amides is 2. The van der Waals surface area contributed by atoms with Crippen LogP contribution in [0.3, 0.4) is 0 Å². The number of likely N-dealkylation sites (tertiary alicyclic amines) is 1. The zero-order chi connectivity index (χ0) is 13.2. The van der Waals surface area contributed by atoms with E-state index in [4.69, 9.17) is 0 Å². The van der Waals surface area contributed by atoms with E-state index in [-0.39, 0.29) is 11.8 Å². The molecule has 2 aliphatic heterocycles. The van der Waals surface area contributed by atoms with Gasteiger partial charge in [0.1, 0.15) is 5.82 Å². The standard InChI is InChI=1S/C14H18FN3O/c15-10-1-3-11(4-2-10)17-14(19)18-8-7-12-5-6-13(9-18)16-12/h1-4,12-13,16H,5-9H2,(H,17,19). The van der Waals surface area contributed by atoms with Crippen molar-refractivity contribution in [1.29, 1.82) is 0 Å². The quantitative estimate of drug-likeness (QED) is 0.815. The topological polar surface area (TPSA) is 44.4 Å². The highest BCUT2D eigenvalue weighted by Crippen LogP contribution is 2.21. The minimum atomic E-state index is -0.297. The van der Waals surface area contributed by atoms with Gasteiger partial charge in [0.15, 0.2) is 0 Å². The van der Waals surface area contributed by atoms with Gasteiger partial charge in [0, 0.05) is 30.9 Å². The fourth-order valence-electron chi connectivity index (χ4n) is 2.86. The average Bonchev–Trinajstić information content (AvgIpc) is 2.71. The molecule has 19 heavy (non-hydrogen) atoms. The Kier molecular flexibility index (Phi) is 3.38. The molecule has 1 aromatic rings. The SMILES string of the molecule is O=C(Nc1ccc(F)cc1)N1CCC2CCC(C1)N2. The van der Waals surface area contributed by atoms with E-state index in [0.29, 0.717) is 17.8 Å². The second-order valence-corrected chi connectivity index (χ2v) is 5.31. The van der Waals surface area contributed by atoms with Crippen molar-refractivity contribution >= 4 is 11.7 Å². The van der Waals surface area contributed by atoms with Crippen LogP contribution >= 0.6 is 0 Å². The fourth-order valence-corrected chi connectivity index (χ4v) is 2.86. The van der Waals surface area contributed by atoms with Crippen LogP contribution in [0.5, 0.6) is 0 Å². The van der Waals surface area contributed by atoms with Crippen LogP contribution in [0.4, 0.5) is 14.9 Å². The monoisotopic (exact) mass is 263 g/mol. The van der Waals surface area contributed by atoms with Crippen LogP contribution in [-0.2, 0) is 0 Å². The van der Waals surface area contributed by atoms with Crippen LogP contribution in [-0.4, -0.2) is 36.1 Å². The molecule has 0 radical (unpaired) electrons. The van der Waals surface area contributed by atoms with Gasteiger partial charge in [0.25, 0.3) is 0 Å². The lowest BCUT2D eigenvalue weighted by molar-refractivity contribution is 0.208. The lowest BCUT2D eigenvalue weighted by Gasteiger charge is -2.24. The van der Waals surface area contributed by atoms with Crippen LogP contribution in [0, 0.1) is 5.82 Å². The molecule has 2 amide bonds. The number of carbonyl (C=O) groups is 1. The molecule has 2 bridgehead atoms. The van der Waals surface area contributed by atoms with Crippen LogP contribution < -0.4 is 10.6 Å². The number of urea groups is 1. The summed E-state index contributed by atoms with van der Waals surface area (Å²) < 4.78 is 12.8. The molecule has 3 rings (SSSR count). The molecule has 2 N–H and O–H groups in total. The van der Waals surface area contributed by atoms with Crippen molar-refractivity contribution in [2.45, 2.75) is 31.3 Å². The van der Waals surface area contributed by atoms with Crippen molar-refractivity contribution < 1.29 is 9.18 Å². The van der Waals surface area contributed by atoms with Gasteiger partial charge in [0.2, 0.25) is 0 Å². The fraction of sp³-hybridized carbons (Fsp3) is 0.500. The maximum Gasteiger partial charge on any atom is 0.321 e. The van der Waals surface area contributed by atoms with E-state index < -0.39 is 0 Å². The lowest BCUT2D eigenvalue weighted by Crippen LogP contribution is -2.41. The molecule has 5 heteroatoms. The Hall–Kier alpha value is -1.62. The van der Waals surface area contributed by atoms with E-state index in [1.807, 2.05) is 4.90 Å². The van der Waals surface area contributed by atoms with Crippen molar-refractivity contribution in [3.63, 3.8) is 0 Å². The van der Waals surface area contributed by atoms with Gasteiger partial charge >= 0.3 is 6.03 Å². The maximum atomic E-state index is 12.8. The summed E-state index contributed by atoms with van der Waals surface area (Å²) in [6.45, 7) is 1.53. The summed E-state index contributed by atoms with van der Waals surface area (Å²) in [6.07, 6.45) is 3.37. The molecule has 0 spiro atoms. The Labute approximate surface area is 112 Å². The largest absolute Gasteiger partial charge is 0.323 e. The highest BCUT2D eigenvalue weighted by atomic mass is 19.1. The van der Waals surface area contributed by atoms with Crippen molar-refractivity contribution in [2.24, 2.45) is 0 Å². The Morgan fingerprint density at radius 2 is 1.95 bits per heavy atom. The van der Waals surface area contributed by atoms with E-state index >= 15 is 0 Å². The number of hydrogen-bond acceptors (Lipinski definition) is 2. The number of halogens is 1. The van der Waals surface area contributed by atoms with Gasteiger partial charge in [-0.25, -0.2) is 9.18 Å². The molecule has 2 aliphatic rings. The summed E-state index contributed by atoms with van der Waals surface area (Å²) >= 11 is 0. The molecule has 4 nitrogen and oxygen atoms in total. The summed E-state index contributed by atoms with van der Waals surface area (Å²) in [4.78, 5) is 14.0. The molecular weight excluding hydrogens is 245 g/mol. The summed E-state index contributed by atoms with van der Waals surface area (Å²) in [7, 11) is 0. The van der Waals surface area contributed by atoms with Gasteiger partial charge < -0.3 is 15.5 Å². The normalized spacial score (nSPS) is 26.1. The molecule has 2 fully saturated rings. The number of carbonyl (C=O) groups excluding carboxylic acids is 1. The molecule has 0 saturated carbocycles. The molecule has 1 aromatic carbocycles. The van der Waals surface area contributed by atoms with E-state index in [9.17, 15) is 9.18 Å². The third-order valence-electron chi connectivity index (χ3n) is 3.91. The molecule has 102 valence electrons. The van der Waals surface area contributed by atoms with E-state index in [1.54, 1.807) is 12.1 Å². The van der Waals surface area contributed by atoms with Crippen molar-refractivity contribution in [3.05, 3.63) is 30.1 Å². The predicted octanol–water partition coefficient (Wildman–Crippen LogP) is 2.18. The second-order valence-electron chi connectivity index (χ2n) is 5.31. The highest BCUT2D eigenvalue weighted by Gasteiger charge is 2.31. The molecule has 2 heterocycles. The summed E-state index contributed by atoms with van der Waals surface area (Å²) in [5, 5.41) is 6.36. The van der Waals surface area contributed by atoms with Gasteiger partial charge in [-0.1, -0.05) is 0 Å². The smallest absolute Gasteiger partial charge is 0.321 e. The predicted molar refractivity (Wildman–Crippen MR) is 71.6 cm³/mol. The van der Waals surface area contributed by atoms with Crippen molar-refractivity contribution in [2.75, 3.05) is 18.4 Å². The number of anilines is 1. The van der Waals surface area contributed by atoms with E-state index in [1.165, 1.54) is 18.6 Å². The third kappa shape index (κ3) is 2.87. The Balaban J connectivity index is 1.62. The molecule has 2 atom stereocenters. The van der Waals surface area contributed by atoms with Crippen LogP contribution in [0.1, 0.15) is 19.3 Å². The van der Waals surface area contributed by atoms with E-state index in [0.717, 1.165) is 25.9 Å². The van der Waals surface area contributed by atoms with Gasteiger partial charge in [-0.3, -0.25) is 0 Å². The van der Waals surface area contributed by atoms with Crippen molar-refractivity contribution in [1.82, 2.24) is 10.2 Å². The summed E-state index contributed by atoms with van der Waals surface area (Å²) in [5.41, 5.74) is 0.633. The summed E-state index contributed by atoms with van der Waals surface area (Å²) in [6, 6.07) is 6.75. The molecule has 2 unspecified atom stereocenters. The van der Waals surface area contributed by atoms with Gasteiger partial charge in [-0.2, -0.15) is 0 Å². The summed E-state index contributed by atoms with van der Waals surface area (Å²) in [5.74, 6) is -0.297. The van der Waals surface area contributed by atoms with Crippen LogP contribution in [0.2, 0.25) is 0 Å². The third-order valence-corrected chi connectivity index (χ3v) is 3.91. The highest BCUT2D eigenvalue weighted by molar-refractivity contribution is 5.89. The number of nitrogens with zero attached hydrogens (tertiary/aromatic N) is 1. The minimum Gasteiger partial charge on any atom is -0.323 e. The van der Waals surface area contributed by atoms with Gasteiger partial charge in [-0.15, -0.1) is 0 Å².